The molecule has 2 rings (SSSR count). The summed E-state index contributed by atoms with van der Waals surface area (Å²) in [6.07, 6.45) is 2.44. The van der Waals surface area contributed by atoms with E-state index in [1.54, 1.807) is 44.3 Å². The van der Waals surface area contributed by atoms with Gasteiger partial charge >= 0.3 is 0 Å². The zero-order valence-electron chi connectivity index (χ0n) is 14.1. The molecule has 1 aromatic heterocycles. The molecule has 6 nitrogen and oxygen atoms in total. The predicted molar refractivity (Wildman–Crippen MR) is 90.8 cm³/mol. The van der Waals surface area contributed by atoms with Gasteiger partial charge in [0.2, 0.25) is 0 Å². The number of hydrogen-bond acceptors (Lipinski definition) is 4. The molecule has 0 saturated carbocycles. The van der Waals surface area contributed by atoms with Crippen LogP contribution in [0.15, 0.2) is 42.7 Å². The summed E-state index contributed by atoms with van der Waals surface area (Å²) in [4.78, 5) is 27.7. The fourth-order valence-electron chi connectivity index (χ4n) is 2.02. The van der Waals surface area contributed by atoms with Crippen molar-refractivity contribution in [1.29, 1.82) is 0 Å². The van der Waals surface area contributed by atoms with Crippen molar-refractivity contribution in [2.45, 2.75) is 20.0 Å². The van der Waals surface area contributed by atoms with Gasteiger partial charge in [-0.05, 0) is 43.7 Å². The molecule has 0 fully saturated rings. The molecule has 0 aliphatic rings. The van der Waals surface area contributed by atoms with Crippen LogP contribution in [-0.4, -0.2) is 36.0 Å². The lowest BCUT2D eigenvalue weighted by molar-refractivity contribution is -0.127. The number of ether oxygens (including phenoxy) is 1. The van der Waals surface area contributed by atoms with E-state index in [9.17, 15) is 14.0 Å². The summed E-state index contributed by atoms with van der Waals surface area (Å²) < 4.78 is 18.9. The van der Waals surface area contributed by atoms with Crippen LogP contribution in [0.1, 0.15) is 22.8 Å². The predicted octanol–water partition coefficient (Wildman–Crippen LogP) is 1.84. The highest BCUT2D eigenvalue weighted by molar-refractivity contribution is 5.94. The number of carbonyl (C=O) groups is 2. The van der Waals surface area contributed by atoms with Gasteiger partial charge in [-0.15, -0.1) is 0 Å². The molecule has 2 N–H and O–H groups in total. The lowest BCUT2D eigenvalue weighted by Gasteiger charge is -2.14. The number of pyridine rings is 1. The minimum Gasteiger partial charge on any atom is -0.479 e. The molecule has 7 heteroatoms. The Kier molecular flexibility index (Phi) is 6.45. The molecule has 25 heavy (non-hydrogen) atoms. The Morgan fingerprint density at radius 2 is 2.00 bits per heavy atom. The van der Waals surface area contributed by atoms with Crippen molar-refractivity contribution in [2.75, 3.05) is 13.1 Å². The van der Waals surface area contributed by atoms with Gasteiger partial charge in [0, 0.05) is 24.8 Å². The maximum Gasteiger partial charge on any atom is 0.260 e. The quantitative estimate of drug-likeness (QED) is 0.751. The highest BCUT2D eigenvalue weighted by Gasteiger charge is 2.14. The lowest BCUT2D eigenvalue weighted by atomic mass is 10.1. The van der Waals surface area contributed by atoms with Gasteiger partial charge in [0.25, 0.3) is 11.8 Å². The SMILES string of the molecule is Cc1ccc(C(=O)NCCNC(=O)[C@@H](C)Oc2cccnc2)cc1F. The van der Waals surface area contributed by atoms with E-state index in [1.165, 1.54) is 12.3 Å². The standard InChI is InChI=1S/C18H20FN3O3/c1-12-5-6-14(10-16(12)19)18(24)22-9-8-21-17(23)13(2)25-15-4-3-7-20-11-15/h3-7,10-11,13H,8-9H2,1-2H3,(H,21,23)(H,22,24)/t13-/m1/s1. The van der Waals surface area contributed by atoms with Crippen LogP contribution >= 0.6 is 0 Å². The second-order valence-electron chi connectivity index (χ2n) is 5.46. The summed E-state index contributed by atoms with van der Waals surface area (Å²) in [5, 5.41) is 5.28. The minimum absolute atomic E-state index is 0.222. The fourth-order valence-corrected chi connectivity index (χ4v) is 2.02. The zero-order valence-corrected chi connectivity index (χ0v) is 14.1. The highest BCUT2D eigenvalue weighted by atomic mass is 19.1. The van der Waals surface area contributed by atoms with Crippen LogP contribution in [-0.2, 0) is 4.79 Å². The Hall–Kier alpha value is -2.96. The molecule has 1 aromatic carbocycles. The number of nitrogens with zero attached hydrogens (tertiary/aromatic N) is 1. The molecule has 2 aromatic rings. The van der Waals surface area contributed by atoms with Gasteiger partial charge in [-0.1, -0.05) is 6.07 Å². The zero-order chi connectivity index (χ0) is 18.2. The number of amides is 2. The van der Waals surface area contributed by atoms with Crippen LogP contribution in [0.4, 0.5) is 4.39 Å². The summed E-state index contributed by atoms with van der Waals surface area (Å²) >= 11 is 0. The van der Waals surface area contributed by atoms with Crippen LogP contribution in [0.2, 0.25) is 0 Å². The summed E-state index contributed by atoms with van der Waals surface area (Å²) in [7, 11) is 0. The Morgan fingerprint density at radius 1 is 1.24 bits per heavy atom. The van der Waals surface area contributed by atoms with Crippen molar-refractivity contribution in [1.82, 2.24) is 15.6 Å². The molecule has 0 spiro atoms. The first-order chi connectivity index (χ1) is 12.0. The molecule has 0 radical (unpaired) electrons. The molecule has 0 unspecified atom stereocenters. The van der Waals surface area contributed by atoms with Gasteiger partial charge in [-0.25, -0.2) is 4.39 Å². The van der Waals surface area contributed by atoms with Crippen LogP contribution in [0, 0.1) is 12.7 Å². The van der Waals surface area contributed by atoms with Gasteiger partial charge in [-0.2, -0.15) is 0 Å². The summed E-state index contributed by atoms with van der Waals surface area (Å²) in [6, 6.07) is 7.70. The van der Waals surface area contributed by atoms with Crippen LogP contribution in [0.3, 0.4) is 0 Å². The average molecular weight is 345 g/mol. The van der Waals surface area contributed by atoms with Gasteiger partial charge in [0.05, 0.1) is 6.20 Å². The highest BCUT2D eigenvalue weighted by Crippen LogP contribution is 2.09. The molecule has 0 saturated heterocycles. The van der Waals surface area contributed by atoms with E-state index in [0.717, 1.165) is 0 Å². The fraction of sp³-hybridized carbons (Fsp3) is 0.278. The first-order valence-corrected chi connectivity index (χ1v) is 7.86. The van der Waals surface area contributed by atoms with Crippen molar-refractivity contribution in [3.8, 4) is 5.75 Å². The number of nitrogens with one attached hydrogen (secondary N) is 2. The van der Waals surface area contributed by atoms with Crippen LogP contribution in [0.25, 0.3) is 0 Å². The van der Waals surface area contributed by atoms with Crippen molar-refractivity contribution in [2.24, 2.45) is 0 Å². The second-order valence-corrected chi connectivity index (χ2v) is 5.46. The number of aryl methyl sites for hydroxylation is 1. The maximum absolute atomic E-state index is 13.4. The molecular formula is C18H20FN3O3. The summed E-state index contributed by atoms with van der Waals surface area (Å²) in [5.41, 5.74) is 0.717. The van der Waals surface area contributed by atoms with E-state index in [1.807, 2.05) is 0 Å². The van der Waals surface area contributed by atoms with Crippen molar-refractivity contribution in [3.63, 3.8) is 0 Å². The Bertz CT molecular complexity index is 738. The minimum atomic E-state index is -0.689. The number of aromatic nitrogens is 1. The van der Waals surface area contributed by atoms with Crippen molar-refractivity contribution < 1.29 is 18.7 Å². The third-order valence-electron chi connectivity index (χ3n) is 3.46. The number of carbonyl (C=O) groups excluding carboxylic acids is 2. The normalized spacial score (nSPS) is 11.5. The van der Waals surface area contributed by atoms with Crippen LogP contribution in [0.5, 0.6) is 5.75 Å². The largest absolute Gasteiger partial charge is 0.479 e. The average Bonchev–Trinajstić information content (AvgIpc) is 2.61. The molecule has 2 amide bonds. The molecule has 1 heterocycles. The molecule has 0 aliphatic carbocycles. The molecule has 132 valence electrons. The van der Waals surface area contributed by atoms with E-state index < -0.39 is 17.8 Å². The Morgan fingerprint density at radius 3 is 2.68 bits per heavy atom. The second kappa shape index (κ2) is 8.77. The molecule has 1 atom stereocenters. The summed E-state index contributed by atoms with van der Waals surface area (Å²) in [5.74, 6) is -0.630. The van der Waals surface area contributed by atoms with E-state index >= 15 is 0 Å². The van der Waals surface area contributed by atoms with E-state index in [4.69, 9.17) is 4.74 Å². The number of hydrogen-bond donors (Lipinski definition) is 2. The smallest absolute Gasteiger partial charge is 0.260 e. The first kappa shape index (κ1) is 18.4. The van der Waals surface area contributed by atoms with Crippen molar-refractivity contribution >= 4 is 11.8 Å². The lowest BCUT2D eigenvalue weighted by Crippen LogP contribution is -2.40. The maximum atomic E-state index is 13.4. The van der Waals surface area contributed by atoms with E-state index in [-0.39, 0.29) is 24.6 Å². The van der Waals surface area contributed by atoms with Crippen molar-refractivity contribution in [3.05, 3.63) is 59.7 Å². The topological polar surface area (TPSA) is 80.3 Å². The first-order valence-electron chi connectivity index (χ1n) is 7.86. The monoisotopic (exact) mass is 345 g/mol. The van der Waals surface area contributed by atoms with Gasteiger partial charge < -0.3 is 15.4 Å². The summed E-state index contributed by atoms with van der Waals surface area (Å²) in [6.45, 7) is 3.70. The van der Waals surface area contributed by atoms with Gasteiger partial charge in [0.1, 0.15) is 11.6 Å². The van der Waals surface area contributed by atoms with E-state index in [0.29, 0.717) is 11.3 Å². The third kappa shape index (κ3) is 5.56. The van der Waals surface area contributed by atoms with Crippen LogP contribution < -0.4 is 15.4 Å². The number of benzene rings is 1. The molecular weight excluding hydrogens is 325 g/mol. The van der Waals surface area contributed by atoms with Gasteiger partial charge in [0.15, 0.2) is 6.10 Å². The Balaban J connectivity index is 1.72. The third-order valence-corrected chi connectivity index (χ3v) is 3.46. The molecule has 0 aliphatic heterocycles. The van der Waals surface area contributed by atoms with Gasteiger partial charge in [-0.3, -0.25) is 14.6 Å². The Labute approximate surface area is 145 Å². The molecule has 0 bridgehead atoms. The number of rotatable bonds is 7. The number of halogens is 1. The van der Waals surface area contributed by atoms with E-state index in [2.05, 4.69) is 15.6 Å².